The van der Waals surface area contributed by atoms with Crippen molar-refractivity contribution in [3.05, 3.63) is 41.1 Å². The van der Waals surface area contributed by atoms with E-state index in [1.165, 1.54) is 36.8 Å². The fourth-order valence-corrected chi connectivity index (χ4v) is 2.71. The van der Waals surface area contributed by atoms with Crippen LogP contribution in [0.3, 0.4) is 0 Å². The molecular weight excluding hydrogens is 224 g/mol. The molecule has 1 heterocycles. The van der Waals surface area contributed by atoms with E-state index in [9.17, 15) is 4.79 Å². The minimum atomic E-state index is 0.491. The Labute approximate surface area is 106 Å². The molecule has 1 aliphatic carbocycles. The van der Waals surface area contributed by atoms with Gasteiger partial charge in [0.05, 0.1) is 5.69 Å². The highest BCUT2D eigenvalue weighted by atomic mass is 16.1. The van der Waals surface area contributed by atoms with Gasteiger partial charge in [-0.05, 0) is 48.9 Å². The first-order valence-electron chi connectivity index (χ1n) is 6.39. The second-order valence-electron chi connectivity index (χ2n) is 4.89. The maximum absolute atomic E-state index is 10.8. The van der Waals surface area contributed by atoms with Crippen molar-refractivity contribution in [1.29, 1.82) is 0 Å². The van der Waals surface area contributed by atoms with E-state index in [1.807, 2.05) is 13.1 Å². The Morgan fingerprint density at radius 2 is 1.94 bits per heavy atom. The van der Waals surface area contributed by atoms with Crippen LogP contribution in [-0.4, -0.2) is 16.1 Å². The van der Waals surface area contributed by atoms with E-state index in [2.05, 4.69) is 23.3 Å². The zero-order valence-corrected chi connectivity index (χ0v) is 10.5. The van der Waals surface area contributed by atoms with E-state index in [0.717, 1.165) is 17.5 Å². The molecular formula is C15H16N2O. The number of carbonyl (C=O) groups excluding carboxylic acids is 1. The molecule has 1 aromatic carbocycles. The first kappa shape index (κ1) is 11.2. The van der Waals surface area contributed by atoms with E-state index in [0.29, 0.717) is 5.69 Å². The summed E-state index contributed by atoms with van der Waals surface area (Å²) in [5, 5.41) is 4.17. The molecule has 1 aliphatic rings. The van der Waals surface area contributed by atoms with Crippen LogP contribution in [-0.2, 0) is 19.9 Å². The van der Waals surface area contributed by atoms with Crippen LogP contribution in [0.2, 0.25) is 0 Å². The van der Waals surface area contributed by atoms with Crippen LogP contribution in [0.4, 0.5) is 0 Å². The van der Waals surface area contributed by atoms with Crippen LogP contribution in [0, 0.1) is 0 Å². The van der Waals surface area contributed by atoms with Crippen LogP contribution >= 0.6 is 0 Å². The van der Waals surface area contributed by atoms with Crippen LogP contribution in [0.5, 0.6) is 0 Å². The van der Waals surface area contributed by atoms with Crippen molar-refractivity contribution >= 4 is 6.29 Å². The summed E-state index contributed by atoms with van der Waals surface area (Å²) in [7, 11) is 1.88. The van der Waals surface area contributed by atoms with Crippen molar-refractivity contribution in [1.82, 2.24) is 9.78 Å². The summed E-state index contributed by atoms with van der Waals surface area (Å²) < 4.78 is 1.77. The lowest BCUT2D eigenvalue weighted by Gasteiger charge is -2.16. The molecule has 0 N–H and O–H groups in total. The fraction of sp³-hybridized carbons (Fsp3) is 0.333. The average molecular weight is 240 g/mol. The highest BCUT2D eigenvalue weighted by Gasteiger charge is 2.12. The summed E-state index contributed by atoms with van der Waals surface area (Å²) in [6.45, 7) is 0. The van der Waals surface area contributed by atoms with Gasteiger partial charge >= 0.3 is 0 Å². The lowest BCUT2D eigenvalue weighted by molar-refractivity contribution is 0.111. The molecule has 0 fully saturated rings. The molecule has 0 aliphatic heterocycles. The molecule has 0 unspecified atom stereocenters. The Hall–Kier alpha value is -1.90. The molecule has 0 radical (unpaired) electrons. The van der Waals surface area contributed by atoms with Crippen molar-refractivity contribution < 1.29 is 4.79 Å². The molecule has 3 rings (SSSR count). The van der Waals surface area contributed by atoms with Crippen molar-refractivity contribution in [3.63, 3.8) is 0 Å². The summed E-state index contributed by atoms with van der Waals surface area (Å²) >= 11 is 0. The maximum Gasteiger partial charge on any atom is 0.170 e. The van der Waals surface area contributed by atoms with Crippen molar-refractivity contribution in [2.45, 2.75) is 25.7 Å². The van der Waals surface area contributed by atoms with Gasteiger partial charge in [0.15, 0.2) is 6.29 Å². The molecule has 0 amide bonds. The fourth-order valence-electron chi connectivity index (χ4n) is 2.71. The van der Waals surface area contributed by atoms with Gasteiger partial charge in [0.2, 0.25) is 0 Å². The number of nitrogens with zero attached hydrogens (tertiary/aromatic N) is 2. The van der Waals surface area contributed by atoms with Gasteiger partial charge in [-0.15, -0.1) is 0 Å². The number of fused-ring (bicyclic) bond motifs is 1. The number of hydrogen-bond donors (Lipinski definition) is 0. The average Bonchev–Trinajstić information content (AvgIpc) is 2.79. The number of benzene rings is 1. The smallest absolute Gasteiger partial charge is 0.170 e. The third-order valence-corrected chi connectivity index (χ3v) is 3.66. The third kappa shape index (κ3) is 1.86. The van der Waals surface area contributed by atoms with Gasteiger partial charge in [-0.25, -0.2) is 0 Å². The molecule has 3 heteroatoms. The predicted molar refractivity (Wildman–Crippen MR) is 70.7 cm³/mol. The Bertz CT molecular complexity index is 599. The van der Waals surface area contributed by atoms with Crippen LogP contribution in [0.1, 0.15) is 34.5 Å². The minimum Gasteiger partial charge on any atom is -0.296 e. The molecule has 0 atom stereocenters. The largest absolute Gasteiger partial charge is 0.296 e. The highest BCUT2D eigenvalue weighted by molar-refractivity contribution is 5.75. The summed E-state index contributed by atoms with van der Waals surface area (Å²) in [5.74, 6) is 0. The molecule has 0 spiro atoms. The summed E-state index contributed by atoms with van der Waals surface area (Å²) in [4.78, 5) is 10.8. The van der Waals surface area contributed by atoms with Gasteiger partial charge in [0, 0.05) is 12.6 Å². The topological polar surface area (TPSA) is 34.9 Å². The van der Waals surface area contributed by atoms with E-state index in [-0.39, 0.29) is 0 Å². The molecule has 0 saturated heterocycles. The number of rotatable bonds is 2. The maximum atomic E-state index is 10.8. The Kier molecular flexibility index (Phi) is 2.74. The lowest BCUT2D eigenvalue weighted by Crippen LogP contribution is -2.03. The molecule has 92 valence electrons. The molecule has 1 aromatic heterocycles. The first-order chi connectivity index (χ1) is 8.78. The molecule has 18 heavy (non-hydrogen) atoms. The van der Waals surface area contributed by atoms with Gasteiger partial charge in [-0.3, -0.25) is 9.48 Å². The number of carbonyl (C=O) groups is 1. The quantitative estimate of drug-likeness (QED) is 0.756. The third-order valence-electron chi connectivity index (χ3n) is 3.66. The SMILES string of the molecule is Cn1nc(C=O)cc1-c1ccc2c(c1)CCCC2. The number of aldehydes is 1. The van der Waals surface area contributed by atoms with E-state index >= 15 is 0 Å². The number of aromatic nitrogens is 2. The van der Waals surface area contributed by atoms with Gasteiger partial charge in [0.25, 0.3) is 0 Å². The van der Waals surface area contributed by atoms with Crippen LogP contribution in [0.15, 0.2) is 24.3 Å². The van der Waals surface area contributed by atoms with E-state index < -0.39 is 0 Å². The Morgan fingerprint density at radius 1 is 1.17 bits per heavy atom. The normalized spacial score (nSPS) is 14.3. The van der Waals surface area contributed by atoms with Crippen LogP contribution in [0.25, 0.3) is 11.3 Å². The number of aryl methyl sites for hydroxylation is 3. The monoisotopic (exact) mass is 240 g/mol. The van der Waals surface area contributed by atoms with Crippen LogP contribution < -0.4 is 0 Å². The zero-order chi connectivity index (χ0) is 12.5. The predicted octanol–water partition coefficient (Wildman–Crippen LogP) is 2.78. The molecule has 3 nitrogen and oxygen atoms in total. The van der Waals surface area contributed by atoms with Gasteiger partial charge in [0.1, 0.15) is 5.69 Å². The number of hydrogen-bond acceptors (Lipinski definition) is 2. The molecule has 0 saturated carbocycles. The summed E-state index contributed by atoms with van der Waals surface area (Å²) in [6.07, 6.45) is 5.73. The second kappa shape index (κ2) is 4.41. The van der Waals surface area contributed by atoms with Crippen molar-refractivity contribution in [2.75, 3.05) is 0 Å². The molecule has 0 bridgehead atoms. The minimum absolute atomic E-state index is 0.491. The molecule has 2 aromatic rings. The van der Waals surface area contributed by atoms with Gasteiger partial charge < -0.3 is 0 Å². The Morgan fingerprint density at radius 3 is 2.67 bits per heavy atom. The van der Waals surface area contributed by atoms with E-state index in [1.54, 1.807) is 4.68 Å². The summed E-state index contributed by atoms with van der Waals surface area (Å²) in [5.41, 5.74) is 5.57. The Balaban J connectivity index is 2.05. The highest BCUT2D eigenvalue weighted by Crippen LogP contribution is 2.27. The second-order valence-corrected chi connectivity index (χ2v) is 4.89. The standard InChI is InChI=1S/C15H16N2O/c1-17-15(9-14(10-18)16-17)13-7-6-11-4-2-3-5-12(11)8-13/h6-10H,2-5H2,1H3. The summed E-state index contributed by atoms with van der Waals surface area (Å²) in [6, 6.07) is 8.45. The zero-order valence-electron chi connectivity index (χ0n) is 10.5. The van der Waals surface area contributed by atoms with Gasteiger partial charge in [-0.2, -0.15) is 5.10 Å². The van der Waals surface area contributed by atoms with E-state index in [4.69, 9.17) is 0 Å². The lowest BCUT2D eigenvalue weighted by atomic mass is 9.90. The van der Waals surface area contributed by atoms with Crippen molar-refractivity contribution in [2.24, 2.45) is 7.05 Å². The van der Waals surface area contributed by atoms with Gasteiger partial charge in [-0.1, -0.05) is 12.1 Å². The first-order valence-corrected chi connectivity index (χ1v) is 6.39. The van der Waals surface area contributed by atoms with Crippen molar-refractivity contribution in [3.8, 4) is 11.3 Å².